The average molecular weight is 225 g/mol. The molecule has 0 amide bonds. The van der Waals surface area contributed by atoms with Crippen molar-refractivity contribution in [3.05, 3.63) is 11.6 Å². The first-order valence-electron chi connectivity index (χ1n) is 6.81. The van der Waals surface area contributed by atoms with Crippen molar-refractivity contribution in [2.24, 2.45) is 11.8 Å². The van der Waals surface area contributed by atoms with Gasteiger partial charge in [0.2, 0.25) is 0 Å². The zero-order valence-electron chi connectivity index (χ0n) is 12.1. The lowest BCUT2D eigenvalue weighted by Crippen LogP contribution is -2.27. The molecular weight excluding hydrogens is 194 g/mol. The summed E-state index contributed by atoms with van der Waals surface area (Å²) in [5.74, 6) is 1.56. The Kier molecular flexibility index (Phi) is 8.64. The zero-order chi connectivity index (χ0) is 12.6. The molecule has 1 N–H and O–H groups in total. The molecule has 0 saturated carbocycles. The van der Waals surface area contributed by atoms with Crippen LogP contribution in [-0.2, 0) is 0 Å². The van der Waals surface area contributed by atoms with Gasteiger partial charge in [0.05, 0.1) is 0 Å². The molecule has 2 atom stereocenters. The zero-order valence-corrected chi connectivity index (χ0v) is 12.1. The minimum atomic E-state index is 0.694. The number of nitrogens with one attached hydrogen (secondary N) is 1. The number of rotatable bonds is 8. The molecule has 0 aromatic heterocycles. The molecule has 0 aromatic carbocycles. The fourth-order valence-electron chi connectivity index (χ4n) is 2.24. The highest BCUT2D eigenvalue weighted by atomic mass is 14.9. The normalized spacial score (nSPS) is 14.9. The van der Waals surface area contributed by atoms with Crippen LogP contribution in [0.3, 0.4) is 0 Å². The number of hydrogen-bond donors (Lipinski definition) is 1. The molecule has 0 aliphatic rings. The van der Waals surface area contributed by atoms with Gasteiger partial charge in [-0.05, 0) is 58.4 Å². The monoisotopic (exact) mass is 225 g/mol. The highest BCUT2D eigenvalue weighted by Crippen LogP contribution is 2.18. The molecule has 0 saturated heterocycles. The van der Waals surface area contributed by atoms with Crippen molar-refractivity contribution >= 4 is 0 Å². The fourth-order valence-corrected chi connectivity index (χ4v) is 2.24. The Labute approximate surface area is 103 Å². The number of allylic oxidation sites excluding steroid dienone is 2. The third kappa shape index (κ3) is 7.92. The first-order chi connectivity index (χ1) is 7.49. The van der Waals surface area contributed by atoms with Crippen LogP contribution in [-0.4, -0.2) is 13.1 Å². The van der Waals surface area contributed by atoms with Crippen LogP contribution < -0.4 is 5.32 Å². The largest absolute Gasteiger partial charge is 0.317 e. The highest BCUT2D eigenvalue weighted by molar-refractivity contribution is 4.97. The maximum absolute atomic E-state index is 3.45. The van der Waals surface area contributed by atoms with Gasteiger partial charge in [-0.2, -0.15) is 0 Å². The van der Waals surface area contributed by atoms with Crippen molar-refractivity contribution in [1.82, 2.24) is 5.32 Å². The molecule has 0 aliphatic heterocycles. The summed E-state index contributed by atoms with van der Waals surface area (Å²) in [6, 6.07) is 0.694. The number of hydrogen-bond acceptors (Lipinski definition) is 1. The summed E-state index contributed by atoms with van der Waals surface area (Å²) in [5, 5.41) is 3.45. The molecule has 0 spiro atoms. The lowest BCUT2D eigenvalue weighted by Gasteiger charge is -2.20. The molecule has 1 heteroatoms. The second-order valence-electron chi connectivity index (χ2n) is 5.60. The quantitative estimate of drug-likeness (QED) is 0.604. The van der Waals surface area contributed by atoms with Gasteiger partial charge in [-0.15, -0.1) is 0 Å². The molecule has 0 bridgehead atoms. The molecule has 0 radical (unpaired) electrons. The van der Waals surface area contributed by atoms with Crippen LogP contribution in [0.1, 0.15) is 60.3 Å². The van der Waals surface area contributed by atoms with E-state index in [1.807, 2.05) is 0 Å². The molecule has 0 rings (SSSR count). The maximum atomic E-state index is 3.45. The van der Waals surface area contributed by atoms with Crippen LogP contribution >= 0.6 is 0 Å². The molecule has 1 nitrogen and oxygen atoms in total. The van der Waals surface area contributed by atoms with Gasteiger partial charge in [-0.25, -0.2) is 0 Å². The maximum Gasteiger partial charge on any atom is 0.00667 e. The van der Waals surface area contributed by atoms with Gasteiger partial charge in [-0.3, -0.25) is 0 Å². The summed E-state index contributed by atoms with van der Waals surface area (Å²) in [6.45, 7) is 11.3. The van der Waals surface area contributed by atoms with Crippen LogP contribution in [0.4, 0.5) is 0 Å². The molecule has 96 valence electrons. The van der Waals surface area contributed by atoms with Gasteiger partial charge in [0.1, 0.15) is 0 Å². The first kappa shape index (κ1) is 15.7. The van der Waals surface area contributed by atoms with Gasteiger partial charge in [0.15, 0.2) is 0 Å². The minimum absolute atomic E-state index is 0.694. The van der Waals surface area contributed by atoms with E-state index >= 15 is 0 Å². The Morgan fingerprint density at radius 2 is 1.81 bits per heavy atom. The van der Waals surface area contributed by atoms with Crippen molar-refractivity contribution in [3.8, 4) is 0 Å². The van der Waals surface area contributed by atoms with E-state index in [-0.39, 0.29) is 0 Å². The van der Waals surface area contributed by atoms with Crippen molar-refractivity contribution in [2.45, 2.75) is 66.3 Å². The van der Waals surface area contributed by atoms with E-state index < -0.39 is 0 Å². The van der Waals surface area contributed by atoms with Gasteiger partial charge < -0.3 is 5.32 Å². The van der Waals surface area contributed by atoms with Gasteiger partial charge in [0.25, 0.3) is 0 Å². The summed E-state index contributed by atoms with van der Waals surface area (Å²) < 4.78 is 0. The van der Waals surface area contributed by atoms with Crippen LogP contribution in [0.5, 0.6) is 0 Å². The van der Waals surface area contributed by atoms with Gasteiger partial charge in [-0.1, -0.05) is 32.4 Å². The smallest absolute Gasteiger partial charge is 0.00667 e. The molecule has 16 heavy (non-hydrogen) atoms. The molecule has 0 fully saturated rings. The second kappa shape index (κ2) is 8.81. The second-order valence-corrected chi connectivity index (χ2v) is 5.60. The summed E-state index contributed by atoms with van der Waals surface area (Å²) in [5.41, 5.74) is 1.46. The van der Waals surface area contributed by atoms with E-state index in [0.717, 1.165) is 11.8 Å². The summed E-state index contributed by atoms with van der Waals surface area (Å²) in [6.07, 6.45) is 7.62. The predicted octanol–water partition coefficient (Wildman–Crippen LogP) is 4.39. The standard InChI is InChI=1S/C15H31N/c1-7-14(10-12(2)3)8-9-15(16-6)11-13(4)5/h10,13-16H,7-9,11H2,1-6H3. The minimum Gasteiger partial charge on any atom is -0.317 e. The molecule has 0 heterocycles. The Bertz CT molecular complexity index is 190. The average Bonchev–Trinajstić information content (AvgIpc) is 2.20. The van der Waals surface area contributed by atoms with E-state index in [1.54, 1.807) is 0 Å². The summed E-state index contributed by atoms with van der Waals surface area (Å²) >= 11 is 0. The Hall–Kier alpha value is -0.300. The molecule has 0 aliphatic carbocycles. The Morgan fingerprint density at radius 1 is 1.19 bits per heavy atom. The Balaban J connectivity index is 4.02. The van der Waals surface area contributed by atoms with Crippen LogP contribution in [0.25, 0.3) is 0 Å². The fraction of sp³-hybridized carbons (Fsp3) is 0.867. The van der Waals surface area contributed by atoms with E-state index in [4.69, 9.17) is 0 Å². The summed E-state index contributed by atoms with van der Waals surface area (Å²) in [4.78, 5) is 0. The highest BCUT2D eigenvalue weighted by Gasteiger charge is 2.11. The van der Waals surface area contributed by atoms with E-state index in [2.05, 4.69) is 53.1 Å². The van der Waals surface area contributed by atoms with E-state index in [0.29, 0.717) is 6.04 Å². The lowest BCUT2D eigenvalue weighted by molar-refractivity contribution is 0.389. The van der Waals surface area contributed by atoms with E-state index in [1.165, 1.54) is 31.3 Å². The van der Waals surface area contributed by atoms with Crippen molar-refractivity contribution in [3.63, 3.8) is 0 Å². The molecule has 0 aromatic rings. The van der Waals surface area contributed by atoms with Crippen molar-refractivity contribution in [1.29, 1.82) is 0 Å². The van der Waals surface area contributed by atoms with Crippen LogP contribution in [0.2, 0.25) is 0 Å². The molecule has 2 unspecified atom stereocenters. The van der Waals surface area contributed by atoms with Gasteiger partial charge in [0, 0.05) is 6.04 Å². The molecular formula is C15H31N. The summed E-state index contributed by atoms with van der Waals surface area (Å²) in [7, 11) is 2.09. The van der Waals surface area contributed by atoms with E-state index in [9.17, 15) is 0 Å². The van der Waals surface area contributed by atoms with Crippen molar-refractivity contribution in [2.75, 3.05) is 7.05 Å². The lowest BCUT2D eigenvalue weighted by atomic mass is 9.92. The SMILES string of the molecule is CCC(C=C(C)C)CCC(CC(C)C)NC. The van der Waals surface area contributed by atoms with Crippen LogP contribution in [0, 0.1) is 11.8 Å². The third-order valence-electron chi connectivity index (χ3n) is 3.14. The van der Waals surface area contributed by atoms with Crippen LogP contribution in [0.15, 0.2) is 11.6 Å². The third-order valence-corrected chi connectivity index (χ3v) is 3.14. The Morgan fingerprint density at radius 3 is 2.19 bits per heavy atom. The van der Waals surface area contributed by atoms with Crippen molar-refractivity contribution < 1.29 is 0 Å². The first-order valence-corrected chi connectivity index (χ1v) is 6.81. The topological polar surface area (TPSA) is 12.0 Å². The predicted molar refractivity (Wildman–Crippen MR) is 74.7 cm³/mol. The van der Waals surface area contributed by atoms with Gasteiger partial charge >= 0.3 is 0 Å².